The van der Waals surface area contributed by atoms with Crippen molar-refractivity contribution in [3.63, 3.8) is 0 Å². The number of carbonyl (C=O) groups is 1. The molecule has 0 bridgehead atoms. The maximum absolute atomic E-state index is 12.9. The van der Waals surface area contributed by atoms with Crippen molar-refractivity contribution in [1.82, 2.24) is 5.32 Å². The van der Waals surface area contributed by atoms with Crippen LogP contribution in [0, 0.1) is 5.92 Å². The summed E-state index contributed by atoms with van der Waals surface area (Å²) in [4.78, 5) is 12.9. The van der Waals surface area contributed by atoms with Gasteiger partial charge in [-0.05, 0) is 68.9 Å². The smallest absolute Gasteiger partial charge is 0.223 e. The fourth-order valence-electron chi connectivity index (χ4n) is 3.65. The zero-order valence-corrected chi connectivity index (χ0v) is 18.7. The summed E-state index contributed by atoms with van der Waals surface area (Å²) in [7, 11) is 0. The first-order valence-electron chi connectivity index (χ1n) is 10.6. The topological polar surface area (TPSA) is 65.3 Å². The van der Waals surface area contributed by atoms with Crippen LogP contribution in [0.3, 0.4) is 0 Å². The van der Waals surface area contributed by atoms with Gasteiger partial charge < -0.3 is 14.3 Å². The van der Waals surface area contributed by atoms with Crippen LogP contribution in [-0.4, -0.2) is 21.8 Å². The first-order chi connectivity index (χ1) is 14.3. The first-order valence-corrected chi connectivity index (χ1v) is 11.8. The number of amides is 1. The molecule has 1 N–H and O–H groups in total. The number of benzene rings is 2. The van der Waals surface area contributed by atoms with Gasteiger partial charge in [0, 0.05) is 35.9 Å². The van der Waals surface area contributed by atoms with Crippen molar-refractivity contribution in [2.75, 3.05) is 6.54 Å². The van der Waals surface area contributed by atoms with Gasteiger partial charge >= 0.3 is 0 Å². The van der Waals surface area contributed by atoms with E-state index in [9.17, 15) is 9.35 Å². The number of carbonyl (C=O) groups excluding carboxylic acids is 1. The third-order valence-corrected chi connectivity index (χ3v) is 7.24. The van der Waals surface area contributed by atoms with Crippen LogP contribution in [0.5, 0.6) is 0 Å². The van der Waals surface area contributed by atoms with Gasteiger partial charge in [0.15, 0.2) is 4.90 Å². The fraction of sp³-hybridized carbons (Fsp3) is 0.400. The van der Waals surface area contributed by atoms with Crippen LogP contribution in [0.1, 0.15) is 50.5 Å². The molecule has 4 rings (SSSR count). The molecule has 1 fully saturated rings. The minimum atomic E-state index is -1.12. The normalized spacial score (nSPS) is 15.3. The number of nitrogens with one attached hydrogen (secondary N) is 1. The number of fused-ring (bicyclic) bond motifs is 1. The molecular formula is C25H29NO3S. The number of rotatable bonds is 7. The molecule has 1 unspecified atom stereocenters. The maximum atomic E-state index is 12.9. The predicted molar refractivity (Wildman–Crippen MR) is 121 cm³/mol. The van der Waals surface area contributed by atoms with E-state index in [0.29, 0.717) is 19.4 Å². The molecule has 1 heterocycles. The van der Waals surface area contributed by atoms with Crippen LogP contribution >= 0.6 is 0 Å². The molecule has 1 amide bonds. The van der Waals surface area contributed by atoms with E-state index >= 15 is 0 Å². The number of hydrogen-bond donors (Lipinski definition) is 1. The molecule has 1 aromatic heterocycles. The van der Waals surface area contributed by atoms with E-state index in [1.807, 2.05) is 57.2 Å². The molecule has 0 saturated heterocycles. The third kappa shape index (κ3) is 4.73. The molecule has 1 aliphatic carbocycles. The molecular weight excluding hydrogens is 394 g/mol. The van der Waals surface area contributed by atoms with Crippen LogP contribution in [-0.2, 0) is 28.8 Å². The lowest BCUT2D eigenvalue weighted by atomic mass is 10.0. The van der Waals surface area contributed by atoms with Gasteiger partial charge in [0.25, 0.3) is 0 Å². The summed E-state index contributed by atoms with van der Waals surface area (Å²) >= 11 is -1.12. The van der Waals surface area contributed by atoms with E-state index in [2.05, 4.69) is 17.4 Å². The van der Waals surface area contributed by atoms with Crippen molar-refractivity contribution in [3.8, 4) is 0 Å². The predicted octanol–water partition coefficient (Wildman–Crippen LogP) is 5.00. The highest BCUT2D eigenvalue weighted by molar-refractivity contribution is 7.92. The van der Waals surface area contributed by atoms with Crippen molar-refractivity contribution >= 4 is 28.1 Å². The fourth-order valence-corrected chi connectivity index (χ4v) is 4.77. The Kier molecular flexibility index (Phi) is 5.94. The van der Waals surface area contributed by atoms with Gasteiger partial charge in [-0.15, -0.1) is 0 Å². The van der Waals surface area contributed by atoms with Gasteiger partial charge in [-0.2, -0.15) is 0 Å². The Morgan fingerprint density at radius 1 is 1.17 bits per heavy atom. The molecule has 4 nitrogen and oxygen atoms in total. The first kappa shape index (κ1) is 21.0. The van der Waals surface area contributed by atoms with E-state index in [0.717, 1.165) is 40.0 Å². The molecule has 1 aliphatic rings. The quantitative estimate of drug-likeness (QED) is 0.544. The molecule has 30 heavy (non-hydrogen) atoms. The molecule has 1 atom stereocenters. The minimum absolute atomic E-state index is 0.155. The number of furan rings is 1. The van der Waals surface area contributed by atoms with E-state index in [4.69, 9.17) is 4.42 Å². The average molecular weight is 424 g/mol. The lowest BCUT2D eigenvalue weighted by Crippen LogP contribution is -2.28. The summed E-state index contributed by atoms with van der Waals surface area (Å²) in [5, 5.41) is 4.06. The summed E-state index contributed by atoms with van der Waals surface area (Å²) in [6.45, 7) is 6.53. The standard InChI is InChI=1S/C25H29NO3S/c1-25(2,3)30(28)19-11-12-22-21(16-19)20(13-14-26-24(27)18-9-10-18)23(29-22)15-17-7-5-4-6-8-17/h4-8,11-12,16,18H,9-10,13-15H2,1-3H3,(H,26,27). The monoisotopic (exact) mass is 423 g/mol. The molecule has 0 spiro atoms. The van der Waals surface area contributed by atoms with Gasteiger partial charge in [-0.1, -0.05) is 30.3 Å². The van der Waals surface area contributed by atoms with E-state index < -0.39 is 11.2 Å². The molecule has 5 heteroatoms. The summed E-state index contributed by atoms with van der Waals surface area (Å²) in [5.74, 6) is 1.27. The molecule has 1 saturated carbocycles. The SMILES string of the molecule is CC(C)(C)[S+]([O-])c1ccc2oc(Cc3ccccc3)c(CCNC(=O)C3CC3)c2c1. The Bertz CT molecular complexity index is 1030. The molecule has 158 valence electrons. The highest BCUT2D eigenvalue weighted by Crippen LogP contribution is 2.33. The van der Waals surface area contributed by atoms with Gasteiger partial charge in [-0.3, -0.25) is 4.79 Å². The molecule has 3 aromatic rings. The number of hydrogen-bond acceptors (Lipinski definition) is 3. The highest BCUT2D eigenvalue weighted by atomic mass is 32.2. The van der Waals surface area contributed by atoms with Crippen molar-refractivity contribution in [3.05, 3.63) is 65.4 Å². The van der Waals surface area contributed by atoms with Crippen molar-refractivity contribution in [2.24, 2.45) is 5.92 Å². The van der Waals surface area contributed by atoms with Crippen LogP contribution in [0.4, 0.5) is 0 Å². The average Bonchev–Trinajstić information content (AvgIpc) is 3.51. The second kappa shape index (κ2) is 8.48. The Labute approximate surface area is 181 Å². The zero-order valence-electron chi connectivity index (χ0n) is 17.9. The van der Waals surface area contributed by atoms with E-state index in [1.165, 1.54) is 5.56 Å². The summed E-state index contributed by atoms with van der Waals surface area (Å²) in [6, 6.07) is 16.1. The van der Waals surface area contributed by atoms with Crippen LogP contribution in [0.25, 0.3) is 11.0 Å². The molecule has 0 radical (unpaired) electrons. The van der Waals surface area contributed by atoms with E-state index in [1.54, 1.807) is 0 Å². The van der Waals surface area contributed by atoms with Crippen molar-refractivity contribution in [1.29, 1.82) is 0 Å². The molecule has 0 aliphatic heterocycles. The molecule has 2 aromatic carbocycles. The summed E-state index contributed by atoms with van der Waals surface area (Å²) < 4.78 is 18.8. The Morgan fingerprint density at radius 2 is 1.90 bits per heavy atom. The third-order valence-electron chi connectivity index (χ3n) is 5.45. The minimum Gasteiger partial charge on any atom is -0.611 e. The van der Waals surface area contributed by atoms with Crippen molar-refractivity contribution < 1.29 is 13.8 Å². The Morgan fingerprint density at radius 3 is 2.57 bits per heavy atom. The lowest BCUT2D eigenvalue weighted by Gasteiger charge is -2.23. The summed E-state index contributed by atoms with van der Waals surface area (Å²) in [6.07, 6.45) is 3.39. The Hall–Kier alpha value is -2.24. The van der Waals surface area contributed by atoms with Gasteiger partial charge in [0.05, 0.1) is 0 Å². The van der Waals surface area contributed by atoms with E-state index in [-0.39, 0.29) is 16.6 Å². The second-order valence-electron chi connectivity index (χ2n) is 9.02. The lowest BCUT2D eigenvalue weighted by molar-refractivity contribution is -0.122. The van der Waals surface area contributed by atoms with Gasteiger partial charge in [0.1, 0.15) is 16.1 Å². The summed E-state index contributed by atoms with van der Waals surface area (Å²) in [5.41, 5.74) is 3.08. The maximum Gasteiger partial charge on any atom is 0.223 e. The van der Waals surface area contributed by atoms with Crippen molar-refractivity contribution in [2.45, 2.75) is 56.1 Å². The van der Waals surface area contributed by atoms with Crippen LogP contribution < -0.4 is 5.32 Å². The highest BCUT2D eigenvalue weighted by Gasteiger charge is 2.30. The Balaban J connectivity index is 1.66. The zero-order chi connectivity index (χ0) is 21.3. The largest absolute Gasteiger partial charge is 0.611 e. The second-order valence-corrected chi connectivity index (χ2v) is 11.3. The van der Waals surface area contributed by atoms with Gasteiger partial charge in [0.2, 0.25) is 5.91 Å². The van der Waals surface area contributed by atoms with Gasteiger partial charge in [-0.25, -0.2) is 0 Å². The van der Waals surface area contributed by atoms with Crippen LogP contribution in [0.15, 0.2) is 57.8 Å². The van der Waals surface area contributed by atoms with Crippen LogP contribution in [0.2, 0.25) is 0 Å².